The number of benzene rings is 1. The Kier molecular flexibility index (Phi) is 6.61. The Hall–Kier alpha value is -3.19. The largest absolute Gasteiger partial charge is 0.444 e. The summed E-state index contributed by atoms with van der Waals surface area (Å²) in [7, 11) is 0. The van der Waals surface area contributed by atoms with Gasteiger partial charge in [-0.05, 0) is 76.1 Å². The third-order valence-corrected chi connectivity index (χ3v) is 7.89. The lowest BCUT2D eigenvalue weighted by atomic mass is 10.1. The Bertz CT molecular complexity index is 1140. The second-order valence-electron chi connectivity index (χ2n) is 11.5. The molecule has 198 valence electrons. The Morgan fingerprint density at radius 1 is 1.27 bits per heavy atom. The van der Waals surface area contributed by atoms with Crippen LogP contribution in [0.15, 0.2) is 18.2 Å². The van der Waals surface area contributed by atoms with Gasteiger partial charge in [0.1, 0.15) is 23.5 Å². The summed E-state index contributed by atoms with van der Waals surface area (Å²) in [6.07, 6.45) is 2.82. The maximum Gasteiger partial charge on any atom is 0.408 e. The van der Waals surface area contributed by atoms with E-state index in [4.69, 9.17) is 4.74 Å². The van der Waals surface area contributed by atoms with Gasteiger partial charge in [0.05, 0.1) is 18.2 Å². The summed E-state index contributed by atoms with van der Waals surface area (Å²) in [4.78, 5) is 45.1. The summed E-state index contributed by atoms with van der Waals surface area (Å²) in [5.74, 6) is -0.573. The number of nitriles is 1. The Labute approximate surface area is 216 Å². The Balaban J connectivity index is 1.30. The van der Waals surface area contributed by atoms with Crippen molar-refractivity contribution in [3.63, 3.8) is 0 Å². The van der Waals surface area contributed by atoms with E-state index < -0.39 is 23.8 Å². The zero-order chi connectivity index (χ0) is 26.5. The smallest absolute Gasteiger partial charge is 0.408 e. The lowest BCUT2D eigenvalue weighted by Crippen LogP contribution is -2.59. The molecule has 5 rings (SSSR count). The van der Waals surface area contributed by atoms with E-state index in [2.05, 4.69) is 11.4 Å². The highest BCUT2D eigenvalue weighted by Crippen LogP contribution is 2.44. The van der Waals surface area contributed by atoms with Crippen LogP contribution in [0.1, 0.15) is 63.6 Å². The van der Waals surface area contributed by atoms with Gasteiger partial charge in [0.2, 0.25) is 11.8 Å². The number of hydrogen-bond acceptors (Lipinski definition) is 6. The van der Waals surface area contributed by atoms with Crippen molar-refractivity contribution in [1.82, 2.24) is 20.0 Å². The van der Waals surface area contributed by atoms with Crippen LogP contribution in [0.2, 0.25) is 0 Å². The molecule has 3 aliphatic heterocycles. The number of rotatable bonds is 5. The van der Waals surface area contributed by atoms with Crippen LogP contribution in [0.25, 0.3) is 0 Å². The first-order chi connectivity index (χ1) is 17.6. The second-order valence-corrected chi connectivity index (χ2v) is 11.5. The number of fused-ring (bicyclic) bond motifs is 3. The number of nitrogens with zero attached hydrogens (tertiary/aromatic N) is 4. The highest BCUT2D eigenvalue weighted by atomic mass is 19.1. The minimum atomic E-state index is -0.931. The molecular weight excluding hydrogens is 477 g/mol. The van der Waals surface area contributed by atoms with Crippen molar-refractivity contribution in [3.8, 4) is 6.07 Å². The molecule has 1 aromatic rings. The van der Waals surface area contributed by atoms with Gasteiger partial charge < -0.3 is 19.9 Å². The first-order valence-electron chi connectivity index (χ1n) is 13.1. The van der Waals surface area contributed by atoms with E-state index in [1.165, 1.54) is 11.0 Å². The number of carbonyl (C=O) groups is 3. The number of nitrogens with one attached hydrogen (secondary N) is 1. The van der Waals surface area contributed by atoms with Crippen molar-refractivity contribution in [2.24, 2.45) is 0 Å². The summed E-state index contributed by atoms with van der Waals surface area (Å²) in [6.45, 7) is 6.46. The van der Waals surface area contributed by atoms with E-state index in [-0.39, 0.29) is 42.3 Å². The second kappa shape index (κ2) is 9.60. The average Bonchev–Trinajstić information content (AvgIpc) is 3.59. The predicted octanol–water partition coefficient (Wildman–Crippen LogP) is 2.51. The molecule has 3 fully saturated rings. The summed E-state index contributed by atoms with van der Waals surface area (Å²) >= 11 is 0. The summed E-state index contributed by atoms with van der Waals surface area (Å²) in [6, 6.07) is 5.10. The number of halogens is 1. The van der Waals surface area contributed by atoms with Crippen molar-refractivity contribution in [2.75, 3.05) is 19.6 Å². The molecule has 0 aromatic heterocycles. The fraction of sp³-hybridized carbons (Fsp3) is 0.630. The molecule has 1 aromatic carbocycles. The normalized spacial score (nSPS) is 27.8. The molecule has 5 atom stereocenters. The van der Waals surface area contributed by atoms with Crippen LogP contribution in [0.3, 0.4) is 0 Å². The van der Waals surface area contributed by atoms with Crippen LogP contribution in [0.4, 0.5) is 9.18 Å². The fourth-order valence-corrected chi connectivity index (χ4v) is 6.39. The third-order valence-electron chi connectivity index (χ3n) is 7.89. The highest BCUT2D eigenvalue weighted by molar-refractivity contribution is 5.88. The predicted molar refractivity (Wildman–Crippen MR) is 132 cm³/mol. The number of amides is 3. The Morgan fingerprint density at radius 3 is 2.76 bits per heavy atom. The van der Waals surface area contributed by atoms with Crippen molar-refractivity contribution >= 4 is 17.9 Å². The summed E-state index contributed by atoms with van der Waals surface area (Å²) in [5.41, 5.74) is 1.25. The third kappa shape index (κ3) is 4.89. The number of hydrogen-bond donors (Lipinski definition) is 1. The monoisotopic (exact) mass is 511 g/mol. The first kappa shape index (κ1) is 25.5. The number of likely N-dealkylation sites (tertiary alicyclic amines) is 3. The van der Waals surface area contributed by atoms with Crippen LogP contribution < -0.4 is 5.32 Å². The average molecular weight is 512 g/mol. The molecule has 4 aliphatic rings. The van der Waals surface area contributed by atoms with Crippen LogP contribution >= 0.6 is 0 Å². The van der Waals surface area contributed by atoms with Gasteiger partial charge >= 0.3 is 6.09 Å². The molecule has 0 spiro atoms. The van der Waals surface area contributed by atoms with E-state index in [0.29, 0.717) is 25.9 Å². The first-order valence-corrected chi connectivity index (χ1v) is 13.1. The molecule has 4 unspecified atom stereocenters. The molecule has 1 aliphatic carbocycles. The van der Waals surface area contributed by atoms with E-state index in [1.54, 1.807) is 32.9 Å². The quantitative estimate of drug-likeness (QED) is 0.651. The molecule has 37 heavy (non-hydrogen) atoms. The number of ether oxygens (including phenoxy) is 1. The molecular formula is C27H34FN5O4. The molecule has 3 amide bonds. The van der Waals surface area contributed by atoms with Gasteiger partial charge in [-0.2, -0.15) is 5.26 Å². The van der Waals surface area contributed by atoms with Crippen LogP contribution in [-0.4, -0.2) is 82.0 Å². The molecule has 2 bridgehead atoms. The van der Waals surface area contributed by atoms with Crippen molar-refractivity contribution < 1.29 is 23.5 Å². The Morgan fingerprint density at radius 2 is 2.05 bits per heavy atom. The molecule has 10 heteroatoms. The fourth-order valence-electron chi connectivity index (χ4n) is 6.39. The van der Waals surface area contributed by atoms with Crippen molar-refractivity contribution in [3.05, 3.63) is 35.1 Å². The van der Waals surface area contributed by atoms with Gasteiger partial charge in [-0.15, -0.1) is 0 Å². The van der Waals surface area contributed by atoms with E-state index in [0.717, 1.165) is 30.4 Å². The van der Waals surface area contributed by atoms with E-state index in [1.807, 2.05) is 9.80 Å². The van der Waals surface area contributed by atoms with Gasteiger partial charge in [-0.25, -0.2) is 9.18 Å². The van der Waals surface area contributed by atoms with Gasteiger partial charge in [0.15, 0.2) is 0 Å². The van der Waals surface area contributed by atoms with Crippen LogP contribution in [0.5, 0.6) is 0 Å². The lowest BCUT2D eigenvalue weighted by molar-refractivity contribution is -0.141. The lowest BCUT2D eigenvalue weighted by Gasteiger charge is -2.39. The summed E-state index contributed by atoms with van der Waals surface area (Å²) < 4.78 is 19.1. The zero-order valence-corrected chi connectivity index (χ0v) is 21.6. The van der Waals surface area contributed by atoms with Gasteiger partial charge in [-0.3, -0.25) is 14.5 Å². The number of piperazine rings is 1. The van der Waals surface area contributed by atoms with Gasteiger partial charge in [-0.1, -0.05) is 6.07 Å². The molecule has 3 saturated heterocycles. The molecule has 3 heterocycles. The molecule has 0 radical (unpaired) electrons. The van der Waals surface area contributed by atoms with E-state index >= 15 is 0 Å². The molecule has 9 nitrogen and oxygen atoms in total. The standard InChI is InChI=1S/C27H34FN5O4/c1-27(2,3)37-26(36)30-21(24(34)32-10-4-5-18(32)13-29)15-31-14-19-12-23(31)25(35)33(19)22-9-6-16-11-17(28)7-8-20(16)22/h7-8,11,18-19,21-23H,4-6,9-10,12,14-15H2,1-3H3,(H,30,36)/t18?,19-,21?,22?,23?/m0/s1. The summed E-state index contributed by atoms with van der Waals surface area (Å²) in [5, 5.41) is 12.2. The van der Waals surface area contributed by atoms with E-state index in [9.17, 15) is 24.0 Å². The van der Waals surface area contributed by atoms with Gasteiger partial charge in [0, 0.05) is 25.7 Å². The van der Waals surface area contributed by atoms with Crippen LogP contribution in [0, 0.1) is 17.1 Å². The zero-order valence-electron chi connectivity index (χ0n) is 21.6. The number of aryl methyl sites for hydroxylation is 1. The molecule has 1 N–H and O–H groups in total. The van der Waals surface area contributed by atoms with Crippen molar-refractivity contribution in [1.29, 1.82) is 5.26 Å². The van der Waals surface area contributed by atoms with Crippen molar-refractivity contribution in [2.45, 2.75) is 88.7 Å². The van der Waals surface area contributed by atoms with Crippen LogP contribution in [-0.2, 0) is 20.7 Å². The molecule has 0 saturated carbocycles. The topological polar surface area (TPSA) is 106 Å². The maximum atomic E-state index is 13.7. The number of carbonyl (C=O) groups excluding carboxylic acids is 3. The van der Waals surface area contributed by atoms with Gasteiger partial charge in [0.25, 0.3) is 0 Å². The minimum absolute atomic E-state index is 0.00516. The SMILES string of the molecule is CC(C)(C)OC(=O)NC(CN1C[C@@H]2CC1C(=O)N2C1CCc2cc(F)ccc21)C(=O)N1CCCC1C#N. The number of alkyl carbamates (subject to hydrolysis) is 1. The maximum absolute atomic E-state index is 13.7. The highest BCUT2D eigenvalue weighted by Gasteiger charge is 2.53. The minimum Gasteiger partial charge on any atom is -0.444 e.